The van der Waals surface area contributed by atoms with Crippen LogP contribution in [0.5, 0.6) is 5.75 Å². The van der Waals surface area contributed by atoms with Gasteiger partial charge in [-0.3, -0.25) is 4.79 Å². The zero-order chi connectivity index (χ0) is 20.9. The topological polar surface area (TPSA) is 59.4 Å². The molecule has 0 radical (unpaired) electrons. The number of pyridine rings is 1. The first-order valence-electron chi connectivity index (χ1n) is 9.32. The summed E-state index contributed by atoms with van der Waals surface area (Å²) in [7, 11) is 0. The molecule has 0 saturated heterocycles. The van der Waals surface area contributed by atoms with Crippen molar-refractivity contribution in [1.82, 2.24) is 4.98 Å². The average molecular weight is 436 g/mol. The SMILES string of the molecule is O=C(O)Cc1ccccc1Sc1cccc(OCc2ccc3cc(Cl)ccc3n2)c1. The van der Waals surface area contributed by atoms with Gasteiger partial charge in [0, 0.05) is 20.2 Å². The lowest BCUT2D eigenvalue weighted by Gasteiger charge is -2.10. The van der Waals surface area contributed by atoms with E-state index < -0.39 is 5.97 Å². The molecule has 0 saturated carbocycles. The largest absolute Gasteiger partial charge is 0.487 e. The van der Waals surface area contributed by atoms with Crippen molar-refractivity contribution in [1.29, 1.82) is 0 Å². The summed E-state index contributed by atoms with van der Waals surface area (Å²) in [6.07, 6.45) is -0.00178. The highest BCUT2D eigenvalue weighted by Crippen LogP contribution is 2.32. The van der Waals surface area contributed by atoms with Crippen LogP contribution in [0, 0.1) is 0 Å². The van der Waals surface area contributed by atoms with E-state index in [1.807, 2.05) is 78.9 Å². The Morgan fingerprint density at radius 1 is 1.00 bits per heavy atom. The minimum absolute atomic E-state index is 0.00178. The van der Waals surface area contributed by atoms with Crippen LogP contribution in [0.4, 0.5) is 0 Å². The number of carbonyl (C=O) groups is 1. The molecule has 1 aromatic heterocycles. The summed E-state index contributed by atoms with van der Waals surface area (Å²) in [4.78, 5) is 17.6. The third-order valence-electron chi connectivity index (χ3n) is 4.44. The highest BCUT2D eigenvalue weighted by molar-refractivity contribution is 7.99. The normalized spacial score (nSPS) is 10.8. The molecule has 0 unspecified atom stereocenters. The Hall–Kier alpha value is -3.02. The van der Waals surface area contributed by atoms with E-state index in [2.05, 4.69) is 4.98 Å². The molecule has 4 rings (SSSR count). The van der Waals surface area contributed by atoms with E-state index in [0.29, 0.717) is 11.6 Å². The fourth-order valence-corrected chi connectivity index (χ4v) is 4.22. The Balaban J connectivity index is 1.46. The number of carboxylic acids is 1. The quantitative estimate of drug-likeness (QED) is 0.372. The van der Waals surface area contributed by atoms with Crippen molar-refractivity contribution in [3.8, 4) is 5.75 Å². The monoisotopic (exact) mass is 435 g/mol. The molecule has 0 spiro atoms. The second-order valence-corrected chi connectivity index (χ2v) is 8.24. The molecule has 1 heterocycles. The van der Waals surface area contributed by atoms with Gasteiger partial charge in [-0.05, 0) is 54.1 Å². The maximum atomic E-state index is 11.1. The molecule has 0 bridgehead atoms. The van der Waals surface area contributed by atoms with Crippen molar-refractivity contribution < 1.29 is 14.6 Å². The summed E-state index contributed by atoms with van der Waals surface area (Å²) in [5, 5.41) is 10.8. The summed E-state index contributed by atoms with van der Waals surface area (Å²) in [6, 6.07) is 24.8. The molecule has 4 nitrogen and oxygen atoms in total. The molecule has 0 aliphatic heterocycles. The molecule has 150 valence electrons. The van der Waals surface area contributed by atoms with Crippen LogP contribution in [-0.4, -0.2) is 16.1 Å². The molecule has 0 amide bonds. The number of fused-ring (bicyclic) bond motifs is 1. The fourth-order valence-electron chi connectivity index (χ4n) is 3.04. The van der Waals surface area contributed by atoms with Crippen LogP contribution in [0.2, 0.25) is 5.02 Å². The van der Waals surface area contributed by atoms with Gasteiger partial charge < -0.3 is 9.84 Å². The number of hydrogen-bond acceptors (Lipinski definition) is 4. The van der Waals surface area contributed by atoms with Gasteiger partial charge in [-0.1, -0.05) is 53.7 Å². The predicted molar refractivity (Wildman–Crippen MR) is 119 cm³/mol. The van der Waals surface area contributed by atoms with Crippen LogP contribution in [0.3, 0.4) is 0 Å². The van der Waals surface area contributed by atoms with E-state index in [9.17, 15) is 4.79 Å². The third-order valence-corrected chi connectivity index (χ3v) is 5.79. The first-order valence-corrected chi connectivity index (χ1v) is 10.5. The van der Waals surface area contributed by atoms with Crippen LogP contribution < -0.4 is 4.74 Å². The van der Waals surface area contributed by atoms with Gasteiger partial charge in [0.15, 0.2) is 0 Å². The van der Waals surface area contributed by atoms with Crippen LogP contribution in [-0.2, 0) is 17.8 Å². The van der Waals surface area contributed by atoms with E-state index in [0.717, 1.165) is 37.7 Å². The molecule has 0 aliphatic carbocycles. The van der Waals surface area contributed by atoms with Gasteiger partial charge in [0.2, 0.25) is 0 Å². The van der Waals surface area contributed by atoms with Crippen molar-refractivity contribution >= 4 is 40.2 Å². The molecule has 1 N–H and O–H groups in total. The van der Waals surface area contributed by atoms with Crippen molar-refractivity contribution in [3.05, 3.63) is 95.1 Å². The molecular weight excluding hydrogens is 418 g/mol. The molecule has 4 aromatic rings. The zero-order valence-electron chi connectivity index (χ0n) is 15.9. The van der Waals surface area contributed by atoms with Gasteiger partial charge in [-0.15, -0.1) is 0 Å². The Bertz CT molecular complexity index is 1210. The summed E-state index contributed by atoms with van der Waals surface area (Å²) in [6.45, 7) is 0.349. The van der Waals surface area contributed by atoms with Crippen LogP contribution in [0.1, 0.15) is 11.3 Å². The fraction of sp³-hybridized carbons (Fsp3) is 0.0833. The maximum Gasteiger partial charge on any atom is 0.307 e. The van der Waals surface area contributed by atoms with Crippen molar-refractivity contribution in [3.63, 3.8) is 0 Å². The lowest BCUT2D eigenvalue weighted by Crippen LogP contribution is -2.01. The summed E-state index contributed by atoms with van der Waals surface area (Å²) >= 11 is 7.55. The summed E-state index contributed by atoms with van der Waals surface area (Å²) < 4.78 is 5.94. The van der Waals surface area contributed by atoms with E-state index in [-0.39, 0.29) is 6.42 Å². The van der Waals surface area contributed by atoms with Gasteiger partial charge in [0.25, 0.3) is 0 Å². The highest BCUT2D eigenvalue weighted by atomic mass is 35.5. The van der Waals surface area contributed by atoms with Gasteiger partial charge >= 0.3 is 5.97 Å². The smallest absolute Gasteiger partial charge is 0.307 e. The number of aromatic nitrogens is 1. The Morgan fingerprint density at radius 2 is 1.87 bits per heavy atom. The minimum atomic E-state index is -0.842. The molecule has 6 heteroatoms. The number of aliphatic carboxylic acids is 1. The molecular formula is C24H18ClNO3S. The number of carboxylic acid groups (broad SMARTS) is 1. The molecule has 0 fully saturated rings. The molecule has 0 aliphatic rings. The highest BCUT2D eigenvalue weighted by Gasteiger charge is 2.09. The Kier molecular flexibility index (Phi) is 6.21. The number of hydrogen-bond donors (Lipinski definition) is 1. The Morgan fingerprint density at radius 3 is 2.73 bits per heavy atom. The van der Waals surface area contributed by atoms with E-state index in [1.54, 1.807) is 0 Å². The molecule has 0 atom stereocenters. The minimum Gasteiger partial charge on any atom is -0.487 e. The van der Waals surface area contributed by atoms with Crippen molar-refractivity contribution in [2.24, 2.45) is 0 Å². The Labute approximate surface area is 183 Å². The van der Waals surface area contributed by atoms with Crippen molar-refractivity contribution in [2.75, 3.05) is 0 Å². The second kappa shape index (κ2) is 9.20. The number of halogens is 1. The average Bonchev–Trinajstić information content (AvgIpc) is 2.73. The molecule has 30 heavy (non-hydrogen) atoms. The second-order valence-electron chi connectivity index (χ2n) is 6.68. The number of rotatable bonds is 7. The number of ether oxygens (including phenoxy) is 1. The van der Waals surface area contributed by atoms with Gasteiger partial charge in [0.05, 0.1) is 17.6 Å². The summed E-state index contributed by atoms with van der Waals surface area (Å²) in [5.74, 6) is -0.112. The third kappa shape index (κ3) is 5.12. The van der Waals surface area contributed by atoms with Crippen LogP contribution >= 0.6 is 23.4 Å². The zero-order valence-corrected chi connectivity index (χ0v) is 17.5. The lowest BCUT2D eigenvalue weighted by atomic mass is 10.1. The molecule has 3 aromatic carbocycles. The van der Waals surface area contributed by atoms with E-state index in [1.165, 1.54) is 11.8 Å². The van der Waals surface area contributed by atoms with Gasteiger partial charge in [-0.2, -0.15) is 0 Å². The number of benzene rings is 3. The predicted octanol–water partition coefficient (Wildman–Crippen LogP) is 6.25. The maximum absolute atomic E-state index is 11.1. The van der Waals surface area contributed by atoms with Crippen molar-refractivity contribution in [2.45, 2.75) is 22.8 Å². The van der Waals surface area contributed by atoms with Crippen LogP contribution in [0.15, 0.2) is 88.7 Å². The first kappa shape index (κ1) is 20.3. The first-order chi connectivity index (χ1) is 14.6. The summed E-state index contributed by atoms with van der Waals surface area (Å²) in [5.41, 5.74) is 2.50. The van der Waals surface area contributed by atoms with Crippen LogP contribution in [0.25, 0.3) is 10.9 Å². The van der Waals surface area contributed by atoms with Gasteiger partial charge in [0.1, 0.15) is 12.4 Å². The van der Waals surface area contributed by atoms with E-state index in [4.69, 9.17) is 21.4 Å². The lowest BCUT2D eigenvalue weighted by molar-refractivity contribution is -0.136. The number of nitrogens with zero attached hydrogens (tertiary/aromatic N) is 1. The standard InChI is InChI=1S/C24H18ClNO3S/c25-18-9-11-22-16(12-18)8-10-19(26-22)15-29-20-5-3-6-21(14-20)30-23-7-2-1-4-17(23)13-24(27)28/h1-12,14H,13,15H2,(H,27,28). The van der Waals surface area contributed by atoms with Gasteiger partial charge in [-0.25, -0.2) is 4.98 Å². The van der Waals surface area contributed by atoms with E-state index >= 15 is 0 Å².